The van der Waals surface area contributed by atoms with Gasteiger partial charge in [-0.25, -0.2) is 9.18 Å². The second kappa shape index (κ2) is 8.87. The molecule has 1 heterocycles. The third-order valence-electron chi connectivity index (χ3n) is 4.17. The minimum Gasteiger partial charge on any atom is -0.481 e. The van der Waals surface area contributed by atoms with Gasteiger partial charge in [0.15, 0.2) is 18.2 Å². The van der Waals surface area contributed by atoms with Crippen molar-refractivity contribution in [3.63, 3.8) is 0 Å². The Labute approximate surface area is 154 Å². The van der Waals surface area contributed by atoms with Gasteiger partial charge in [0, 0.05) is 25.2 Å². The van der Waals surface area contributed by atoms with Gasteiger partial charge in [-0.3, -0.25) is 4.79 Å². The molecule has 26 heavy (non-hydrogen) atoms. The third kappa shape index (κ3) is 6.54. The molecule has 144 valence electrons. The molecule has 1 aromatic carbocycles. The fourth-order valence-corrected chi connectivity index (χ4v) is 2.75. The van der Waals surface area contributed by atoms with Gasteiger partial charge >= 0.3 is 6.03 Å². The summed E-state index contributed by atoms with van der Waals surface area (Å²) in [6, 6.07) is 5.95. The lowest BCUT2D eigenvalue weighted by atomic mass is 9.97. The van der Waals surface area contributed by atoms with Crippen LogP contribution in [0.2, 0.25) is 0 Å². The van der Waals surface area contributed by atoms with Crippen molar-refractivity contribution in [1.82, 2.24) is 15.5 Å². The molecule has 0 unspecified atom stereocenters. The van der Waals surface area contributed by atoms with Crippen molar-refractivity contribution < 1.29 is 18.7 Å². The molecule has 0 saturated carbocycles. The number of rotatable bonds is 5. The molecule has 6 nitrogen and oxygen atoms in total. The number of hydrogen-bond acceptors (Lipinski definition) is 3. The summed E-state index contributed by atoms with van der Waals surface area (Å²) < 4.78 is 18.6. The van der Waals surface area contributed by atoms with Gasteiger partial charge in [-0.05, 0) is 51.7 Å². The lowest BCUT2D eigenvalue weighted by Gasteiger charge is -2.34. The first-order chi connectivity index (χ1) is 12.2. The van der Waals surface area contributed by atoms with Crippen LogP contribution in [-0.2, 0) is 4.79 Å². The standard InChI is InChI=1S/C19H28FN3O3/c1-19(2,3)22-18(25)23-10-8-14(9-11-23)12-21-17(24)13-26-16-7-5-4-6-15(16)20/h4-7,14H,8-13H2,1-3H3,(H,21,24)(H,22,25). The predicted octanol–water partition coefficient (Wildman–Crippen LogP) is 2.54. The molecule has 0 radical (unpaired) electrons. The van der Waals surface area contributed by atoms with E-state index >= 15 is 0 Å². The van der Waals surface area contributed by atoms with E-state index in [4.69, 9.17) is 4.74 Å². The summed E-state index contributed by atoms with van der Waals surface area (Å²) in [7, 11) is 0. The molecular weight excluding hydrogens is 337 g/mol. The van der Waals surface area contributed by atoms with E-state index in [0.717, 1.165) is 12.8 Å². The Morgan fingerprint density at radius 2 is 1.88 bits per heavy atom. The molecule has 1 aliphatic rings. The van der Waals surface area contributed by atoms with Gasteiger partial charge in [-0.1, -0.05) is 12.1 Å². The molecule has 1 aliphatic heterocycles. The van der Waals surface area contributed by atoms with Crippen LogP contribution in [0.5, 0.6) is 5.75 Å². The number of benzene rings is 1. The second-order valence-electron chi connectivity index (χ2n) is 7.63. The average molecular weight is 365 g/mol. The zero-order valence-corrected chi connectivity index (χ0v) is 15.7. The number of hydrogen-bond donors (Lipinski definition) is 2. The lowest BCUT2D eigenvalue weighted by Crippen LogP contribution is -2.51. The van der Waals surface area contributed by atoms with Crippen LogP contribution >= 0.6 is 0 Å². The maximum atomic E-state index is 13.4. The number of carbonyl (C=O) groups is 2. The number of piperidine rings is 1. The van der Waals surface area contributed by atoms with E-state index in [9.17, 15) is 14.0 Å². The number of urea groups is 1. The van der Waals surface area contributed by atoms with Crippen molar-refractivity contribution in [1.29, 1.82) is 0 Å². The summed E-state index contributed by atoms with van der Waals surface area (Å²) in [5, 5.41) is 5.78. The third-order valence-corrected chi connectivity index (χ3v) is 4.17. The van der Waals surface area contributed by atoms with Gasteiger partial charge in [0.2, 0.25) is 0 Å². The molecule has 2 rings (SSSR count). The molecule has 0 atom stereocenters. The Kier molecular flexibility index (Phi) is 6.83. The van der Waals surface area contributed by atoms with E-state index in [-0.39, 0.29) is 29.8 Å². The van der Waals surface area contributed by atoms with E-state index in [1.807, 2.05) is 25.7 Å². The Hall–Kier alpha value is -2.31. The first kappa shape index (κ1) is 20.0. The zero-order valence-electron chi connectivity index (χ0n) is 15.7. The number of amides is 3. The highest BCUT2D eigenvalue weighted by atomic mass is 19.1. The molecule has 7 heteroatoms. The van der Waals surface area contributed by atoms with Crippen LogP contribution in [0.4, 0.5) is 9.18 Å². The monoisotopic (exact) mass is 365 g/mol. The maximum absolute atomic E-state index is 13.4. The number of para-hydroxylation sites is 1. The molecule has 0 aromatic heterocycles. The molecule has 0 bridgehead atoms. The van der Waals surface area contributed by atoms with Crippen molar-refractivity contribution >= 4 is 11.9 Å². The second-order valence-corrected chi connectivity index (χ2v) is 7.63. The number of nitrogens with one attached hydrogen (secondary N) is 2. The first-order valence-electron chi connectivity index (χ1n) is 8.96. The van der Waals surface area contributed by atoms with Crippen molar-refractivity contribution in [2.45, 2.75) is 39.2 Å². The van der Waals surface area contributed by atoms with Gasteiger partial charge in [0.25, 0.3) is 5.91 Å². The number of halogens is 1. The largest absolute Gasteiger partial charge is 0.481 e. The molecular formula is C19H28FN3O3. The fraction of sp³-hybridized carbons (Fsp3) is 0.579. The van der Waals surface area contributed by atoms with Crippen molar-refractivity contribution in [3.05, 3.63) is 30.1 Å². The van der Waals surface area contributed by atoms with Crippen LogP contribution in [-0.4, -0.2) is 48.6 Å². The van der Waals surface area contributed by atoms with Gasteiger partial charge in [0.05, 0.1) is 0 Å². The van der Waals surface area contributed by atoms with Gasteiger partial charge < -0.3 is 20.3 Å². The van der Waals surface area contributed by atoms with Gasteiger partial charge in [-0.2, -0.15) is 0 Å². The summed E-state index contributed by atoms with van der Waals surface area (Å²) in [5.74, 6) is -0.366. The number of carbonyl (C=O) groups excluding carboxylic acids is 2. The Bertz CT molecular complexity index is 623. The Balaban J connectivity index is 1.66. The normalized spacial score (nSPS) is 15.5. The molecule has 2 N–H and O–H groups in total. The van der Waals surface area contributed by atoms with Crippen molar-refractivity contribution in [2.75, 3.05) is 26.2 Å². The quantitative estimate of drug-likeness (QED) is 0.842. The number of nitrogens with zero attached hydrogens (tertiary/aromatic N) is 1. The summed E-state index contributed by atoms with van der Waals surface area (Å²) in [6.07, 6.45) is 1.68. The van der Waals surface area contributed by atoms with Gasteiger partial charge in [0.1, 0.15) is 0 Å². The SMILES string of the molecule is CC(C)(C)NC(=O)N1CCC(CNC(=O)COc2ccccc2F)CC1. The molecule has 1 fully saturated rings. The fourth-order valence-electron chi connectivity index (χ4n) is 2.75. The molecule has 0 spiro atoms. The highest BCUT2D eigenvalue weighted by Gasteiger charge is 2.25. The number of likely N-dealkylation sites (tertiary alicyclic amines) is 1. The highest BCUT2D eigenvalue weighted by molar-refractivity contribution is 5.77. The van der Waals surface area contributed by atoms with Crippen LogP contribution in [0.3, 0.4) is 0 Å². The van der Waals surface area contributed by atoms with Crippen LogP contribution in [0.1, 0.15) is 33.6 Å². The summed E-state index contributed by atoms with van der Waals surface area (Å²) in [5.41, 5.74) is -0.250. The Morgan fingerprint density at radius 1 is 1.23 bits per heavy atom. The first-order valence-corrected chi connectivity index (χ1v) is 8.96. The maximum Gasteiger partial charge on any atom is 0.317 e. The minimum atomic E-state index is -0.485. The van der Waals surface area contributed by atoms with E-state index in [0.29, 0.717) is 25.6 Å². The predicted molar refractivity (Wildman–Crippen MR) is 97.5 cm³/mol. The van der Waals surface area contributed by atoms with Crippen molar-refractivity contribution in [2.24, 2.45) is 5.92 Å². The molecule has 3 amide bonds. The van der Waals surface area contributed by atoms with E-state index < -0.39 is 5.82 Å². The van der Waals surface area contributed by atoms with E-state index in [1.165, 1.54) is 12.1 Å². The average Bonchev–Trinajstić information content (AvgIpc) is 2.58. The topological polar surface area (TPSA) is 70.7 Å². The summed E-state index contributed by atoms with van der Waals surface area (Å²) in [4.78, 5) is 25.8. The lowest BCUT2D eigenvalue weighted by molar-refractivity contribution is -0.123. The summed E-state index contributed by atoms with van der Waals surface area (Å²) >= 11 is 0. The zero-order chi connectivity index (χ0) is 19.2. The number of ether oxygens (including phenoxy) is 1. The van der Waals surface area contributed by atoms with Gasteiger partial charge in [-0.15, -0.1) is 0 Å². The van der Waals surface area contributed by atoms with E-state index in [1.54, 1.807) is 12.1 Å². The minimum absolute atomic E-state index is 0.0433. The van der Waals surface area contributed by atoms with Crippen LogP contribution in [0, 0.1) is 11.7 Å². The summed E-state index contributed by atoms with van der Waals surface area (Å²) in [6.45, 7) is 7.54. The van der Waals surface area contributed by atoms with Crippen LogP contribution < -0.4 is 15.4 Å². The van der Waals surface area contributed by atoms with Crippen molar-refractivity contribution in [3.8, 4) is 5.75 Å². The molecule has 0 aliphatic carbocycles. The van der Waals surface area contributed by atoms with Crippen LogP contribution in [0.25, 0.3) is 0 Å². The highest BCUT2D eigenvalue weighted by Crippen LogP contribution is 2.17. The van der Waals surface area contributed by atoms with Crippen LogP contribution in [0.15, 0.2) is 24.3 Å². The van der Waals surface area contributed by atoms with E-state index in [2.05, 4.69) is 10.6 Å². The molecule has 1 saturated heterocycles. The Morgan fingerprint density at radius 3 is 2.50 bits per heavy atom. The smallest absolute Gasteiger partial charge is 0.317 e. The molecule has 1 aromatic rings.